The second-order valence-corrected chi connectivity index (χ2v) is 8.17. The van der Waals surface area contributed by atoms with Gasteiger partial charge in [0.25, 0.3) is 0 Å². The molecule has 1 unspecified atom stereocenters. The van der Waals surface area contributed by atoms with E-state index in [4.69, 9.17) is 0 Å². The minimum Gasteiger partial charge on any atom is -0.743 e. The molecule has 4 nitrogen and oxygen atoms in total. The Balaban J connectivity index is 0. The number of halogens is 10. The molecule has 1 atom stereocenters. The molecule has 0 rings (SSSR count). The zero-order valence-corrected chi connectivity index (χ0v) is 18.2. The summed E-state index contributed by atoms with van der Waals surface area (Å²) in [6.07, 6.45) is -14.4. The van der Waals surface area contributed by atoms with Gasteiger partial charge >= 0.3 is 23.3 Å². The Kier molecular flexibility index (Phi) is 11.8. The van der Waals surface area contributed by atoms with Gasteiger partial charge < -0.3 is 9.04 Å². The molecule has 0 aromatic rings. The first-order valence-electron chi connectivity index (χ1n) is 9.27. The Morgan fingerprint density at radius 2 is 1.16 bits per heavy atom. The summed E-state index contributed by atoms with van der Waals surface area (Å²) in [7, 11) is -7.28. The molecule has 190 valence electrons. The summed E-state index contributed by atoms with van der Waals surface area (Å²) in [5, 5.41) is -6.85. The van der Waals surface area contributed by atoms with Crippen molar-refractivity contribution < 1.29 is 61.4 Å². The Hall–Kier alpha value is -0.830. The van der Waals surface area contributed by atoms with Crippen molar-refractivity contribution in [1.29, 1.82) is 0 Å². The predicted octanol–water partition coefficient (Wildman–Crippen LogP) is 5.35. The number of hydrogen-bond acceptors (Lipinski definition) is 3. The highest BCUT2D eigenvalue weighted by Crippen LogP contribution is 2.51. The van der Waals surface area contributed by atoms with E-state index < -0.39 is 58.8 Å². The van der Waals surface area contributed by atoms with E-state index in [0.717, 1.165) is 0 Å². The first-order chi connectivity index (χ1) is 13.6. The maximum Gasteiger partial charge on any atom is 0.402 e. The molecule has 0 radical (unpaired) electrons. The van der Waals surface area contributed by atoms with Crippen molar-refractivity contribution in [2.24, 2.45) is 0 Å². The lowest BCUT2D eigenvalue weighted by molar-refractivity contribution is -0.921. The summed E-state index contributed by atoms with van der Waals surface area (Å²) in [5.41, 5.74) is 0. The fourth-order valence-electron chi connectivity index (χ4n) is 2.55. The number of quaternary nitrogens is 1. The number of rotatable bonds is 11. The Bertz CT molecular complexity index is 617. The minimum atomic E-state index is -7.28. The zero-order valence-electron chi connectivity index (χ0n) is 17.4. The fraction of sp³-hybridized carbons (Fsp3) is 1.00. The first-order valence-corrected chi connectivity index (χ1v) is 10.7. The fourth-order valence-corrected chi connectivity index (χ4v) is 3.00. The van der Waals surface area contributed by atoms with E-state index in [0.29, 0.717) is 0 Å². The van der Waals surface area contributed by atoms with Crippen LogP contribution >= 0.6 is 0 Å². The van der Waals surface area contributed by atoms with Crippen LogP contribution in [0, 0.1) is 0 Å². The molecular weight excluding hydrogens is 476 g/mol. The van der Waals surface area contributed by atoms with Crippen molar-refractivity contribution in [3.05, 3.63) is 0 Å². The van der Waals surface area contributed by atoms with E-state index >= 15 is 0 Å². The Morgan fingerprint density at radius 3 is 1.39 bits per heavy atom. The topological polar surface area (TPSA) is 57.2 Å². The Labute approximate surface area is 174 Å². The predicted molar refractivity (Wildman–Crippen MR) is 91.8 cm³/mol. The quantitative estimate of drug-likeness (QED) is 0.217. The van der Waals surface area contributed by atoms with E-state index in [9.17, 15) is 56.9 Å². The molecule has 0 spiro atoms. The minimum absolute atomic E-state index is 1.28. The van der Waals surface area contributed by atoms with Crippen LogP contribution in [0.2, 0.25) is 0 Å². The third kappa shape index (κ3) is 8.22. The van der Waals surface area contributed by atoms with Crippen molar-refractivity contribution in [3.63, 3.8) is 0 Å². The second kappa shape index (κ2) is 11.3. The molecule has 0 saturated carbocycles. The van der Waals surface area contributed by atoms with Crippen LogP contribution in [0.4, 0.5) is 43.9 Å². The SMILES string of the molecule is CC[N+](CC)(CC)CC.O=S(=O)([O-])C(F)(F)C(F)(F)C(F)(F)C(F)CCCC(F)(F)F. The Morgan fingerprint density at radius 1 is 0.806 bits per heavy atom. The lowest BCUT2D eigenvalue weighted by Crippen LogP contribution is -2.61. The van der Waals surface area contributed by atoms with Crippen LogP contribution in [0.1, 0.15) is 47.0 Å². The van der Waals surface area contributed by atoms with Gasteiger partial charge in [-0.15, -0.1) is 0 Å². The molecule has 0 saturated heterocycles. The number of hydrogen-bond donors (Lipinski definition) is 0. The summed E-state index contributed by atoms with van der Waals surface area (Å²) < 4.78 is 156. The highest BCUT2D eigenvalue weighted by Gasteiger charge is 2.77. The summed E-state index contributed by atoms with van der Waals surface area (Å²) in [5.74, 6) is -13.3. The second-order valence-electron chi connectivity index (χ2n) is 6.75. The van der Waals surface area contributed by atoms with Crippen molar-refractivity contribution in [2.45, 2.75) is 76.4 Å². The highest BCUT2D eigenvalue weighted by atomic mass is 32.2. The molecular formula is C16H27F10NO3S. The lowest BCUT2D eigenvalue weighted by Gasteiger charge is -2.35. The van der Waals surface area contributed by atoms with E-state index in [1.165, 1.54) is 30.7 Å². The summed E-state index contributed by atoms with van der Waals surface area (Å²) in [6, 6.07) is 0. The third-order valence-electron chi connectivity index (χ3n) is 5.09. The van der Waals surface area contributed by atoms with Gasteiger partial charge in [-0.25, -0.2) is 12.8 Å². The van der Waals surface area contributed by atoms with Gasteiger partial charge in [-0.1, -0.05) is 0 Å². The molecule has 15 heteroatoms. The molecule has 0 aliphatic carbocycles. The number of nitrogens with zero attached hydrogens (tertiary/aromatic N) is 1. The molecule has 0 aliphatic rings. The normalized spacial score (nSPS) is 15.3. The first kappa shape index (κ1) is 32.4. The summed E-state index contributed by atoms with van der Waals surface area (Å²) in [4.78, 5) is 0. The van der Waals surface area contributed by atoms with Crippen molar-refractivity contribution in [1.82, 2.24) is 0 Å². The van der Waals surface area contributed by atoms with Gasteiger partial charge in [-0.05, 0) is 40.5 Å². The number of alkyl halides is 10. The van der Waals surface area contributed by atoms with Gasteiger partial charge in [0.05, 0.1) is 26.2 Å². The average Bonchev–Trinajstić information content (AvgIpc) is 2.62. The van der Waals surface area contributed by atoms with Gasteiger partial charge in [0, 0.05) is 6.42 Å². The lowest BCUT2D eigenvalue weighted by atomic mass is 10.0. The molecule has 0 fully saturated rings. The molecule has 0 heterocycles. The van der Waals surface area contributed by atoms with Gasteiger partial charge in [0.2, 0.25) is 0 Å². The summed E-state index contributed by atoms with van der Waals surface area (Å²) >= 11 is 0. The molecule has 0 amide bonds. The maximum absolute atomic E-state index is 13.0. The van der Waals surface area contributed by atoms with Gasteiger partial charge in [0.1, 0.15) is 0 Å². The molecule has 31 heavy (non-hydrogen) atoms. The van der Waals surface area contributed by atoms with Crippen LogP contribution in [0.5, 0.6) is 0 Å². The maximum atomic E-state index is 13.0. The van der Waals surface area contributed by atoms with Crippen molar-refractivity contribution in [3.8, 4) is 0 Å². The van der Waals surface area contributed by atoms with Crippen LogP contribution in [-0.4, -0.2) is 73.1 Å². The largest absolute Gasteiger partial charge is 0.743 e. The molecule has 0 aromatic heterocycles. The third-order valence-corrected chi connectivity index (χ3v) is 5.98. The monoisotopic (exact) mass is 503 g/mol. The highest BCUT2D eigenvalue weighted by molar-refractivity contribution is 7.86. The smallest absolute Gasteiger partial charge is 0.402 e. The van der Waals surface area contributed by atoms with E-state index in [-0.39, 0.29) is 0 Å². The average molecular weight is 503 g/mol. The summed E-state index contributed by atoms with van der Waals surface area (Å²) in [6.45, 7) is 14.2. The molecule has 0 aromatic carbocycles. The van der Waals surface area contributed by atoms with Crippen LogP contribution in [0.3, 0.4) is 0 Å². The van der Waals surface area contributed by atoms with Crippen molar-refractivity contribution in [2.75, 3.05) is 26.2 Å². The van der Waals surface area contributed by atoms with Gasteiger partial charge in [-0.3, -0.25) is 0 Å². The van der Waals surface area contributed by atoms with Gasteiger partial charge in [0.15, 0.2) is 16.3 Å². The van der Waals surface area contributed by atoms with Crippen LogP contribution in [0.25, 0.3) is 0 Å². The van der Waals surface area contributed by atoms with Crippen LogP contribution in [-0.2, 0) is 10.1 Å². The van der Waals surface area contributed by atoms with Crippen LogP contribution < -0.4 is 0 Å². The van der Waals surface area contributed by atoms with Crippen LogP contribution in [0.15, 0.2) is 0 Å². The van der Waals surface area contributed by atoms with E-state index in [1.807, 2.05) is 0 Å². The van der Waals surface area contributed by atoms with E-state index in [1.54, 1.807) is 0 Å². The van der Waals surface area contributed by atoms with E-state index in [2.05, 4.69) is 27.7 Å². The van der Waals surface area contributed by atoms with Crippen molar-refractivity contribution >= 4 is 10.1 Å². The van der Waals surface area contributed by atoms with Gasteiger partial charge in [-0.2, -0.15) is 39.5 Å². The molecule has 0 bridgehead atoms. The molecule has 0 N–H and O–H groups in total. The molecule has 0 aliphatic heterocycles. The zero-order chi connectivity index (χ0) is 25.5. The standard InChI is InChI=1S/C8H8F10O3S.C8H20N/c9-4(2-1-3-5(10,11)12)6(13,14)7(15,16)8(17,18)22(19,20)21;1-5-9(6-2,7-3)8-4/h4H,1-3H2,(H,19,20,21);5-8H2,1-4H3/q;+1/p-1.